The number of fused-ring (bicyclic) bond motifs is 1. The molecule has 1 atom stereocenters. The van der Waals surface area contributed by atoms with E-state index in [1.165, 1.54) is 4.31 Å². The van der Waals surface area contributed by atoms with Crippen LogP contribution < -0.4 is 10.2 Å². The highest BCUT2D eigenvalue weighted by atomic mass is 79.9. The van der Waals surface area contributed by atoms with E-state index in [9.17, 15) is 18.0 Å². The molecule has 1 saturated heterocycles. The molecule has 1 fully saturated rings. The third-order valence-corrected chi connectivity index (χ3v) is 9.52. The van der Waals surface area contributed by atoms with Crippen molar-refractivity contribution in [2.24, 2.45) is 5.92 Å². The van der Waals surface area contributed by atoms with E-state index >= 15 is 0 Å². The number of sulfonamides is 1. The van der Waals surface area contributed by atoms with Gasteiger partial charge in [0.1, 0.15) is 0 Å². The number of carbonyl (C=O) groups excluding carboxylic acids is 2. The molecule has 2 aliphatic heterocycles. The molecule has 2 amide bonds. The van der Waals surface area contributed by atoms with Gasteiger partial charge in [0.15, 0.2) is 0 Å². The van der Waals surface area contributed by atoms with Crippen molar-refractivity contribution in [1.29, 1.82) is 0 Å². The van der Waals surface area contributed by atoms with Crippen molar-refractivity contribution in [3.63, 3.8) is 0 Å². The molecule has 0 spiro atoms. The van der Waals surface area contributed by atoms with Gasteiger partial charge in [0, 0.05) is 46.9 Å². The van der Waals surface area contributed by atoms with E-state index in [0.29, 0.717) is 59.6 Å². The summed E-state index contributed by atoms with van der Waals surface area (Å²) in [7, 11) is -3.88. The van der Waals surface area contributed by atoms with Gasteiger partial charge in [-0.15, -0.1) is 0 Å². The summed E-state index contributed by atoms with van der Waals surface area (Å²) in [6.07, 6.45) is 2.22. The minimum atomic E-state index is -3.88. The number of carbonyl (C=O) groups is 2. The Labute approximate surface area is 213 Å². The summed E-state index contributed by atoms with van der Waals surface area (Å²) < 4.78 is 29.1. The smallest absolute Gasteiger partial charge is 0.244 e. The first kappa shape index (κ1) is 25.2. The first-order valence-electron chi connectivity index (χ1n) is 11.3. The number of anilines is 2. The van der Waals surface area contributed by atoms with Crippen LogP contribution in [0, 0.1) is 12.8 Å². The van der Waals surface area contributed by atoms with Gasteiger partial charge in [-0.05, 0) is 77.5 Å². The largest absolute Gasteiger partial charge is 0.326 e. The molecule has 34 heavy (non-hydrogen) atoms. The van der Waals surface area contributed by atoms with Crippen LogP contribution in [0.3, 0.4) is 0 Å². The molecule has 2 aromatic rings. The Bertz CT molecular complexity index is 1250. The van der Waals surface area contributed by atoms with Crippen LogP contribution in [0.4, 0.5) is 11.4 Å². The fraction of sp³-hybridized carbons (Fsp3) is 0.417. The van der Waals surface area contributed by atoms with Crippen molar-refractivity contribution in [1.82, 2.24) is 4.31 Å². The summed E-state index contributed by atoms with van der Waals surface area (Å²) in [5, 5.41) is 3.42. The van der Waals surface area contributed by atoms with Crippen molar-refractivity contribution < 1.29 is 18.0 Å². The molecule has 0 aliphatic carbocycles. The first-order chi connectivity index (χ1) is 16.1. The lowest BCUT2D eigenvalue weighted by Crippen LogP contribution is -2.43. The maximum atomic E-state index is 13.6. The summed E-state index contributed by atoms with van der Waals surface area (Å²) >= 11 is 9.49. The summed E-state index contributed by atoms with van der Waals surface area (Å²) in [5.74, 6) is -0.735. The predicted molar refractivity (Wildman–Crippen MR) is 137 cm³/mol. The molecule has 10 heteroatoms. The molecule has 1 N–H and O–H groups in total. The zero-order valence-electron chi connectivity index (χ0n) is 19.1. The van der Waals surface area contributed by atoms with Gasteiger partial charge in [-0.3, -0.25) is 9.59 Å². The maximum Gasteiger partial charge on any atom is 0.244 e. The standard InChI is InChI=1S/C24H27BrClN3O4S/c1-3-23(30)29-10-8-16-11-19(25)22(13-21(16)29)34(32,33)28-9-4-5-17(14-28)24(31)27-20-12-18(26)7-6-15(20)2/h6-7,11-13,17H,3-5,8-10,14H2,1-2H3,(H,27,31). The van der Waals surface area contributed by atoms with Crippen molar-refractivity contribution in [2.45, 2.75) is 44.4 Å². The summed E-state index contributed by atoms with van der Waals surface area (Å²) in [6, 6.07) is 8.66. The third-order valence-electron chi connectivity index (χ3n) is 6.46. The van der Waals surface area contributed by atoms with Crippen LogP contribution in [-0.4, -0.2) is 44.2 Å². The molecule has 1 unspecified atom stereocenters. The summed E-state index contributed by atoms with van der Waals surface area (Å²) in [5.41, 5.74) is 3.10. The van der Waals surface area contributed by atoms with E-state index in [4.69, 9.17) is 11.6 Å². The van der Waals surface area contributed by atoms with Crippen LogP contribution in [0.25, 0.3) is 0 Å². The van der Waals surface area contributed by atoms with Crippen LogP contribution in [0.1, 0.15) is 37.3 Å². The van der Waals surface area contributed by atoms with Crippen LogP contribution in [0.15, 0.2) is 39.7 Å². The fourth-order valence-electron chi connectivity index (χ4n) is 4.51. The Morgan fingerprint density at radius 2 is 1.97 bits per heavy atom. The number of amides is 2. The molecule has 0 saturated carbocycles. The average molecular weight is 569 g/mol. The van der Waals surface area contributed by atoms with Crippen LogP contribution in [0.5, 0.6) is 0 Å². The Kier molecular flexibility index (Phi) is 7.38. The van der Waals surface area contributed by atoms with Gasteiger partial charge >= 0.3 is 0 Å². The first-order valence-corrected chi connectivity index (χ1v) is 13.9. The highest BCUT2D eigenvalue weighted by Crippen LogP contribution is 2.37. The molecule has 4 rings (SSSR count). The second kappa shape index (κ2) is 9.97. The lowest BCUT2D eigenvalue weighted by molar-refractivity contribution is -0.121. The molecule has 2 aromatic carbocycles. The Morgan fingerprint density at radius 3 is 2.71 bits per heavy atom. The Morgan fingerprint density at radius 1 is 1.21 bits per heavy atom. The molecule has 2 heterocycles. The topological polar surface area (TPSA) is 86.8 Å². The lowest BCUT2D eigenvalue weighted by atomic mass is 9.98. The fourth-order valence-corrected chi connectivity index (χ4v) is 7.28. The summed E-state index contributed by atoms with van der Waals surface area (Å²) in [6.45, 7) is 4.65. The van der Waals surface area contributed by atoms with Crippen molar-refractivity contribution >= 4 is 60.7 Å². The molecule has 2 aliphatic rings. The monoisotopic (exact) mass is 567 g/mol. The van der Waals surface area contributed by atoms with Gasteiger partial charge in [0.05, 0.1) is 10.8 Å². The normalized spacial score (nSPS) is 18.6. The number of nitrogens with zero attached hydrogens (tertiary/aromatic N) is 2. The second-order valence-corrected chi connectivity index (χ2v) is 11.9. The lowest BCUT2D eigenvalue weighted by Gasteiger charge is -2.32. The zero-order chi connectivity index (χ0) is 24.6. The van der Waals surface area contributed by atoms with Gasteiger partial charge in [0.25, 0.3) is 0 Å². The highest BCUT2D eigenvalue weighted by Gasteiger charge is 2.36. The predicted octanol–water partition coefficient (Wildman–Crippen LogP) is 4.75. The van der Waals surface area contributed by atoms with Gasteiger partial charge < -0.3 is 10.2 Å². The number of benzene rings is 2. The van der Waals surface area contributed by atoms with E-state index in [0.717, 1.165) is 11.1 Å². The minimum absolute atomic E-state index is 0.0320. The maximum absolute atomic E-state index is 13.6. The van der Waals surface area contributed by atoms with E-state index < -0.39 is 15.9 Å². The molecule has 7 nitrogen and oxygen atoms in total. The molecular formula is C24H27BrClN3O4S. The van der Waals surface area contributed by atoms with Crippen molar-refractivity contribution in [2.75, 3.05) is 29.9 Å². The van der Waals surface area contributed by atoms with E-state index in [2.05, 4.69) is 21.2 Å². The SMILES string of the molecule is CCC(=O)N1CCc2cc(Br)c(S(=O)(=O)N3CCCC(C(=O)Nc4cc(Cl)ccc4C)C3)cc21. The average Bonchev–Trinajstić information content (AvgIpc) is 3.23. The molecule has 0 aromatic heterocycles. The minimum Gasteiger partial charge on any atom is -0.326 e. The zero-order valence-corrected chi connectivity index (χ0v) is 22.3. The number of halogens is 2. The van der Waals surface area contributed by atoms with Gasteiger partial charge in [-0.1, -0.05) is 24.6 Å². The van der Waals surface area contributed by atoms with E-state index in [1.54, 1.807) is 36.1 Å². The number of piperidine rings is 1. The van der Waals surface area contributed by atoms with Crippen LogP contribution in [0.2, 0.25) is 5.02 Å². The van der Waals surface area contributed by atoms with Crippen molar-refractivity contribution in [3.05, 3.63) is 51.0 Å². The number of nitrogens with one attached hydrogen (secondary N) is 1. The van der Waals surface area contributed by atoms with Crippen LogP contribution >= 0.6 is 27.5 Å². The van der Waals surface area contributed by atoms with E-state index in [1.807, 2.05) is 13.0 Å². The molecular weight excluding hydrogens is 542 g/mol. The Balaban J connectivity index is 1.57. The number of rotatable bonds is 5. The van der Waals surface area contributed by atoms with Crippen LogP contribution in [-0.2, 0) is 26.0 Å². The number of hydrogen-bond acceptors (Lipinski definition) is 4. The number of hydrogen-bond donors (Lipinski definition) is 1. The quantitative estimate of drug-likeness (QED) is 0.564. The van der Waals surface area contributed by atoms with E-state index in [-0.39, 0.29) is 23.3 Å². The second-order valence-electron chi connectivity index (χ2n) is 8.71. The number of aryl methyl sites for hydroxylation is 1. The Hall–Kier alpha value is -1.94. The van der Waals surface area contributed by atoms with Gasteiger partial charge in [0.2, 0.25) is 21.8 Å². The van der Waals surface area contributed by atoms with Gasteiger partial charge in [-0.25, -0.2) is 8.42 Å². The summed E-state index contributed by atoms with van der Waals surface area (Å²) in [4.78, 5) is 27.1. The molecule has 0 radical (unpaired) electrons. The van der Waals surface area contributed by atoms with Crippen molar-refractivity contribution in [3.8, 4) is 0 Å². The molecule has 0 bridgehead atoms. The molecule has 182 valence electrons. The highest BCUT2D eigenvalue weighted by molar-refractivity contribution is 9.10. The third kappa shape index (κ3) is 4.89. The van der Waals surface area contributed by atoms with Gasteiger partial charge in [-0.2, -0.15) is 4.31 Å².